The van der Waals surface area contributed by atoms with Crippen molar-refractivity contribution in [1.82, 2.24) is 29.1 Å². The molecule has 0 aliphatic carbocycles. The number of aliphatic hydroxyl groups is 1. The number of aromatic nitrogens is 5. The lowest BCUT2D eigenvalue weighted by Crippen LogP contribution is -2.26. The first-order valence-electron chi connectivity index (χ1n) is 6.20. The maximum atomic E-state index is 11.9. The Labute approximate surface area is 120 Å². The highest BCUT2D eigenvalue weighted by Gasteiger charge is 2.17. The Morgan fingerprint density at radius 2 is 2.20 bits per heavy atom. The zero-order chi connectivity index (χ0) is 14.5. The molecule has 2 heterocycles. The largest absolute Gasteiger partial charge is 0.396 e. The van der Waals surface area contributed by atoms with Crippen LogP contribution in [-0.2, 0) is 6.54 Å². The summed E-state index contributed by atoms with van der Waals surface area (Å²) in [7, 11) is 0. The van der Waals surface area contributed by atoms with Crippen LogP contribution in [0.15, 0.2) is 0 Å². The topological polar surface area (TPSA) is 106 Å². The third-order valence-electron chi connectivity index (χ3n) is 2.86. The Morgan fingerprint density at radius 3 is 2.85 bits per heavy atom. The number of nitrogens with zero attached hydrogens (tertiary/aromatic N) is 5. The van der Waals surface area contributed by atoms with Crippen molar-refractivity contribution in [3.63, 3.8) is 0 Å². The van der Waals surface area contributed by atoms with Crippen molar-refractivity contribution in [3.05, 3.63) is 22.8 Å². The Bertz CT molecular complexity index is 594. The average Bonchev–Trinajstić information content (AvgIpc) is 2.98. The maximum absolute atomic E-state index is 11.9. The highest BCUT2D eigenvalue weighted by molar-refractivity contribution is 6.99. The summed E-state index contributed by atoms with van der Waals surface area (Å²) in [6, 6.07) is 0. The molecule has 0 unspecified atom stereocenters. The molecular weight excluding hydrogens is 280 g/mol. The van der Waals surface area contributed by atoms with Crippen LogP contribution in [0.1, 0.15) is 34.0 Å². The number of nitrogens with one attached hydrogen (secondary N) is 1. The lowest BCUT2D eigenvalue weighted by atomic mass is 10.3. The molecule has 2 rings (SSSR count). The summed E-state index contributed by atoms with van der Waals surface area (Å²) in [5, 5.41) is 19.2. The Balaban J connectivity index is 2.07. The van der Waals surface area contributed by atoms with Gasteiger partial charge in [0, 0.05) is 13.2 Å². The van der Waals surface area contributed by atoms with E-state index in [1.165, 1.54) is 0 Å². The van der Waals surface area contributed by atoms with E-state index >= 15 is 0 Å². The van der Waals surface area contributed by atoms with Gasteiger partial charge in [-0.3, -0.25) is 4.79 Å². The quantitative estimate of drug-likeness (QED) is 0.721. The van der Waals surface area contributed by atoms with Crippen molar-refractivity contribution in [2.24, 2.45) is 0 Å². The van der Waals surface area contributed by atoms with E-state index in [1.807, 2.05) is 6.92 Å². The number of aliphatic hydroxyl groups excluding tert-OH is 1. The Hall–Kier alpha value is -1.87. The molecule has 0 radical (unpaired) electrons. The minimum Gasteiger partial charge on any atom is -0.396 e. The fraction of sp³-hybridized carbons (Fsp3) is 0.545. The van der Waals surface area contributed by atoms with Crippen LogP contribution in [-0.4, -0.2) is 47.9 Å². The van der Waals surface area contributed by atoms with Gasteiger partial charge in [0.15, 0.2) is 5.69 Å². The van der Waals surface area contributed by atoms with E-state index in [1.54, 1.807) is 11.6 Å². The first-order chi connectivity index (χ1) is 9.63. The number of amides is 1. The molecular formula is C11H16N6O2S. The van der Waals surface area contributed by atoms with Gasteiger partial charge in [0.25, 0.3) is 5.91 Å². The van der Waals surface area contributed by atoms with Gasteiger partial charge in [-0.25, -0.2) is 4.68 Å². The number of carbonyl (C=O) groups excluding carboxylic acids is 1. The lowest BCUT2D eigenvalue weighted by molar-refractivity contribution is 0.0945. The molecule has 2 aromatic heterocycles. The second-order valence-electron chi connectivity index (χ2n) is 4.31. The number of hydrogen-bond donors (Lipinski definition) is 2. The number of carbonyl (C=O) groups is 1. The summed E-state index contributed by atoms with van der Waals surface area (Å²) in [6.45, 7) is 4.58. The van der Waals surface area contributed by atoms with E-state index in [0.717, 1.165) is 23.1 Å². The van der Waals surface area contributed by atoms with Crippen LogP contribution < -0.4 is 5.32 Å². The molecule has 0 aromatic carbocycles. The standard InChI is InChI=1S/C11H16N6O2S/c1-7-9(15-20-14-7)6-17-8(2)10(13-16-17)11(19)12-4-3-5-18/h18H,3-6H2,1-2H3,(H,12,19). The SMILES string of the molecule is Cc1nsnc1Cn1nnc(C(=O)NCCCO)c1C. The van der Waals surface area contributed by atoms with Crippen molar-refractivity contribution >= 4 is 17.6 Å². The molecule has 0 bridgehead atoms. The molecule has 2 aromatic rings. The molecule has 8 nitrogen and oxygen atoms in total. The van der Waals surface area contributed by atoms with E-state index in [9.17, 15) is 4.79 Å². The molecule has 0 aliphatic heterocycles. The zero-order valence-electron chi connectivity index (χ0n) is 11.3. The van der Waals surface area contributed by atoms with Gasteiger partial charge >= 0.3 is 0 Å². The van der Waals surface area contributed by atoms with E-state index in [2.05, 4.69) is 24.4 Å². The summed E-state index contributed by atoms with van der Waals surface area (Å²) in [6.07, 6.45) is 0.516. The van der Waals surface area contributed by atoms with E-state index in [4.69, 9.17) is 5.11 Å². The summed E-state index contributed by atoms with van der Waals surface area (Å²) in [5.74, 6) is -0.282. The Morgan fingerprint density at radius 1 is 1.40 bits per heavy atom. The normalized spacial score (nSPS) is 10.8. The van der Waals surface area contributed by atoms with Gasteiger partial charge in [0.1, 0.15) is 0 Å². The molecule has 20 heavy (non-hydrogen) atoms. The summed E-state index contributed by atoms with van der Waals surface area (Å²) in [4.78, 5) is 11.9. The minimum absolute atomic E-state index is 0.0437. The van der Waals surface area contributed by atoms with Gasteiger partial charge in [-0.05, 0) is 20.3 Å². The van der Waals surface area contributed by atoms with Crippen LogP contribution in [0, 0.1) is 13.8 Å². The van der Waals surface area contributed by atoms with Crippen molar-refractivity contribution in [1.29, 1.82) is 0 Å². The van der Waals surface area contributed by atoms with Crippen molar-refractivity contribution in [3.8, 4) is 0 Å². The number of hydrogen-bond acceptors (Lipinski definition) is 7. The molecule has 0 fully saturated rings. The molecule has 0 aliphatic rings. The van der Waals surface area contributed by atoms with Crippen molar-refractivity contribution < 1.29 is 9.90 Å². The monoisotopic (exact) mass is 296 g/mol. The lowest BCUT2D eigenvalue weighted by Gasteiger charge is -2.03. The number of rotatable bonds is 6. The second kappa shape index (κ2) is 6.53. The average molecular weight is 296 g/mol. The van der Waals surface area contributed by atoms with Crippen LogP contribution in [0.3, 0.4) is 0 Å². The summed E-state index contributed by atoms with van der Waals surface area (Å²) < 4.78 is 9.91. The third kappa shape index (κ3) is 3.17. The van der Waals surface area contributed by atoms with Crippen LogP contribution in [0.25, 0.3) is 0 Å². The van der Waals surface area contributed by atoms with Gasteiger partial charge in [0.05, 0.1) is 35.4 Å². The molecule has 0 saturated carbocycles. The molecule has 0 saturated heterocycles. The van der Waals surface area contributed by atoms with Crippen LogP contribution in [0.2, 0.25) is 0 Å². The van der Waals surface area contributed by atoms with Crippen molar-refractivity contribution in [2.75, 3.05) is 13.2 Å². The zero-order valence-corrected chi connectivity index (χ0v) is 12.1. The predicted octanol–water partition coefficient (Wildman–Crippen LogP) is -0.0931. The van der Waals surface area contributed by atoms with Gasteiger partial charge in [-0.15, -0.1) is 5.10 Å². The maximum Gasteiger partial charge on any atom is 0.273 e. The van der Waals surface area contributed by atoms with Gasteiger partial charge in [-0.1, -0.05) is 5.21 Å². The fourth-order valence-corrected chi connectivity index (χ4v) is 2.18. The second-order valence-corrected chi connectivity index (χ2v) is 4.84. The molecule has 0 atom stereocenters. The molecule has 9 heteroatoms. The Kier molecular flexibility index (Phi) is 4.74. The molecule has 2 N–H and O–H groups in total. The first-order valence-corrected chi connectivity index (χ1v) is 6.93. The summed E-state index contributed by atoms with van der Waals surface area (Å²) in [5.41, 5.74) is 2.66. The third-order valence-corrected chi connectivity index (χ3v) is 3.52. The van der Waals surface area contributed by atoms with Crippen LogP contribution in [0.4, 0.5) is 0 Å². The van der Waals surface area contributed by atoms with E-state index < -0.39 is 0 Å². The minimum atomic E-state index is -0.282. The predicted molar refractivity (Wildman–Crippen MR) is 72.5 cm³/mol. The van der Waals surface area contributed by atoms with Crippen molar-refractivity contribution in [2.45, 2.75) is 26.8 Å². The van der Waals surface area contributed by atoms with E-state index in [-0.39, 0.29) is 12.5 Å². The smallest absolute Gasteiger partial charge is 0.273 e. The van der Waals surface area contributed by atoms with Gasteiger partial charge in [0.2, 0.25) is 0 Å². The molecule has 108 valence electrons. The molecule has 1 amide bonds. The highest BCUT2D eigenvalue weighted by atomic mass is 32.1. The number of aryl methyl sites for hydroxylation is 1. The van der Waals surface area contributed by atoms with Gasteiger partial charge < -0.3 is 10.4 Å². The summed E-state index contributed by atoms with van der Waals surface area (Å²) >= 11 is 1.15. The highest BCUT2D eigenvalue weighted by Crippen LogP contribution is 2.09. The fourth-order valence-electron chi connectivity index (χ4n) is 1.62. The van der Waals surface area contributed by atoms with Gasteiger partial charge in [-0.2, -0.15) is 8.75 Å². The van der Waals surface area contributed by atoms with Crippen LogP contribution in [0.5, 0.6) is 0 Å². The molecule has 0 spiro atoms. The first kappa shape index (κ1) is 14.5. The van der Waals surface area contributed by atoms with E-state index in [0.29, 0.717) is 30.9 Å². The van der Waals surface area contributed by atoms with Crippen LogP contribution >= 0.6 is 11.7 Å².